The van der Waals surface area contributed by atoms with Gasteiger partial charge in [-0.2, -0.15) is 0 Å². The molecule has 1 saturated heterocycles. The van der Waals surface area contributed by atoms with Gasteiger partial charge in [0.15, 0.2) is 17.9 Å². The third-order valence-electron chi connectivity index (χ3n) is 8.10. The quantitative estimate of drug-likeness (QED) is 0.243. The summed E-state index contributed by atoms with van der Waals surface area (Å²) in [4.78, 5) is 40.4. The number of fused-ring (bicyclic) bond motifs is 3. The molecule has 1 heterocycles. The summed E-state index contributed by atoms with van der Waals surface area (Å²) in [5.41, 5.74) is 2.78. The van der Waals surface area contributed by atoms with E-state index in [2.05, 4.69) is 0 Å². The van der Waals surface area contributed by atoms with Crippen molar-refractivity contribution in [1.29, 1.82) is 0 Å². The predicted octanol–water partition coefficient (Wildman–Crippen LogP) is 1.47. The summed E-state index contributed by atoms with van der Waals surface area (Å²) in [5, 5.41) is 44.8. The number of benzene rings is 2. The lowest BCUT2D eigenvalue weighted by Crippen LogP contribution is -2.53. The number of methoxy groups -OCH3 is 1. The number of phenolic OH excluding ortho intramolecular Hbond substituents is 2. The van der Waals surface area contributed by atoms with Gasteiger partial charge in [0.1, 0.15) is 29.5 Å². The first kappa shape index (κ1) is 31.8. The number of ketones is 3. The molecule has 1 aliphatic heterocycles. The predicted molar refractivity (Wildman–Crippen MR) is 148 cm³/mol. The first-order chi connectivity index (χ1) is 19.4. The number of Topliss-reactive ketones (excluding diaryl/α,β-unsaturated/α-hetero) is 1. The van der Waals surface area contributed by atoms with Gasteiger partial charge in [0.05, 0.1) is 42.1 Å². The summed E-state index contributed by atoms with van der Waals surface area (Å²) in [6.45, 7) is 3.08. The van der Waals surface area contributed by atoms with Crippen molar-refractivity contribution in [2.24, 2.45) is 5.73 Å². The lowest BCUT2D eigenvalue weighted by molar-refractivity contribution is -0.247. The number of aliphatic hydroxyl groups excluding tert-OH is 1. The number of rotatable bonds is 7. The Kier molecular flexibility index (Phi) is 9.00. The number of hydrogen-bond acceptors (Lipinski definition) is 12. The molecule has 5 rings (SSSR count). The molecular weight excluding hydrogens is 574 g/mol. The zero-order valence-electron chi connectivity index (χ0n) is 23.3. The highest BCUT2D eigenvalue weighted by atomic mass is 35.5. The standard InChI is InChI=1S/C29H33NO11.ClH/c1-4-39-11-18(31)29(37)9-14-21(17(10-29)41-19-8-15(30)24(32)12(2)40-19)28(36)23-22(26(14)34)25(33)13-6-5-7-16(38-3)20(13)27(23)35;/h5-7,12,15,17,19,24,32,34,36-37H,4,8-11,30H2,1-3H3;1H. The lowest BCUT2D eigenvalue weighted by atomic mass is 9.72. The number of carbonyl (C=O) groups is 3. The average molecular weight is 608 g/mol. The molecule has 3 aliphatic rings. The van der Waals surface area contributed by atoms with E-state index in [1.54, 1.807) is 13.8 Å². The van der Waals surface area contributed by atoms with Crippen LogP contribution in [0.15, 0.2) is 18.2 Å². The van der Waals surface area contributed by atoms with E-state index in [-0.39, 0.29) is 59.9 Å². The maximum atomic E-state index is 13.7. The summed E-state index contributed by atoms with van der Waals surface area (Å²) >= 11 is 0. The summed E-state index contributed by atoms with van der Waals surface area (Å²) in [7, 11) is 1.34. The SMILES string of the molecule is CCOCC(=O)C1(O)Cc2c(O)c3c(c(O)c2C(OC2CC(N)C(O)C(C)O2)C1)C(=O)c1c(OC)cccc1C3=O.Cl. The monoisotopic (exact) mass is 607 g/mol. The van der Waals surface area contributed by atoms with Crippen LogP contribution in [0.25, 0.3) is 0 Å². The summed E-state index contributed by atoms with van der Waals surface area (Å²) in [6.07, 6.45) is -4.80. The van der Waals surface area contributed by atoms with Crippen molar-refractivity contribution < 1.29 is 53.8 Å². The minimum atomic E-state index is -2.12. The van der Waals surface area contributed by atoms with Gasteiger partial charge < -0.3 is 45.1 Å². The molecule has 2 aromatic carbocycles. The molecule has 6 N–H and O–H groups in total. The Morgan fingerprint density at radius 2 is 1.83 bits per heavy atom. The molecule has 0 radical (unpaired) electrons. The second-order valence-electron chi connectivity index (χ2n) is 10.6. The smallest absolute Gasteiger partial charge is 0.202 e. The summed E-state index contributed by atoms with van der Waals surface area (Å²) < 4.78 is 22.4. The van der Waals surface area contributed by atoms with E-state index in [0.717, 1.165) is 0 Å². The van der Waals surface area contributed by atoms with Crippen LogP contribution in [0.4, 0.5) is 0 Å². The van der Waals surface area contributed by atoms with E-state index in [1.807, 2.05) is 0 Å². The summed E-state index contributed by atoms with van der Waals surface area (Å²) in [5.74, 6) is -3.34. The first-order valence-electron chi connectivity index (χ1n) is 13.4. The van der Waals surface area contributed by atoms with Gasteiger partial charge in [-0.1, -0.05) is 12.1 Å². The third kappa shape index (κ3) is 5.06. The van der Waals surface area contributed by atoms with Crippen molar-refractivity contribution in [2.75, 3.05) is 20.3 Å². The molecule has 0 amide bonds. The molecule has 6 atom stereocenters. The van der Waals surface area contributed by atoms with Crippen LogP contribution in [-0.2, 0) is 25.4 Å². The Balaban J connectivity index is 0.00000405. The van der Waals surface area contributed by atoms with Crippen LogP contribution in [0.2, 0.25) is 0 Å². The van der Waals surface area contributed by atoms with Crippen LogP contribution < -0.4 is 10.5 Å². The van der Waals surface area contributed by atoms with Crippen LogP contribution in [-0.4, -0.2) is 88.2 Å². The van der Waals surface area contributed by atoms with E-state index in [1.165, 1.54) is 25.3 Å². The minimum Gasteiger partial charge on any atom is -0.507 e. The summed E-state index contributed by atoms with van der Waals surface area (Å²) in [6, 6.07) is 3.72. The van der Waals surface area contributed by atoms with Crippen molar-refractivity contribution in [3.8, 4) is 17.2 Å². The van der Waals surface area contributed by atoms with Gasteiger partial charge in [0.25, 0.3) is 0 Å². The first-order valence-corrected chi connectivity index (χ1v) is 13.4. The van der Waals surface area contributed by atoms with Crippen LogP contribution in [0.3, 0.4) is 0 Å². The number of nitrogens with two attached hydrogens (primary N) is 1. The Morgan fingerprint density at radius 3 is 2.48 bits per heavy atom. The molecule has 13 heteroatoms. The van der Waals surface area contributed by atoms with Gasteiger partial charge in [-0.3, -0.25) is 14.4 Å². The van der Waals surface area contributed by atoms with Crippen LogP contribution in [0.1, 0.15) is 75.8 Å². The van der Waals surface area contributed by atoms with Gasteiger partial charge in [0.2, 0.25) is 5.78 Å². The average Bonchev–Trinajstić information content (AvgIpc) is 2.94. The van der Waals surface area contributed by atoms with E-state index in [0.29, 0.717) is 0 Å². The van der Waals surface area contributed by atoms with E-state index < -0.39 is 89.2 Å². The van der Waals surface area contributed by atoms with Gasteiger partial charge in [0, 0.05) is 48.6 Å². The van der Waals surface area contributed by atoms with Crippen LogP contribution in [0, 0.1) is 0 Å². The van der Waals surface area contributed by atoms with Crippen LogP contribution in [0.5, 0.6) is 17.2 Å². The molecule has 6 unspecified atom stereocenters. The molecular formula is C29H34ClNO11. The molecule has 0 saturated carbocycles. The molecule has 0 bridgehead atoms. The number of carbonyl (C=O) groups excluding carboxylic acids is 3. The fourth-order valence-electron chi connectivity index (χ4n) is 5.93. The number of hydrogen-bond donors (Lipinski definition) is 5. The molecule has 1 fully saturated rings. The van der Waals surface area contributed by atoms with Crippen molar-refractivity contribution in [3.63, 3.8) is 0 Å². The molecule has 2 aromatic rings. The zero-order valence-corrected chi connectivity index (χ0v) is 24.1. The van der Waals surface area contributed by atoms with Gasteiger partial charge in [-0.05, 0) is 19.9 Å². The Hall–Kier alpha value is -3.10. The zero-order chi connectivity index (χ0) is 29.8. The molecule has 12 nitrogen and oxygen atoms in total. The van der Waals surface area contributed by atoms with Crippen molar-refractivity contribution in [2.45, 2.75) is 69.4 Å². The Morgan fingerprint density at radius 1 is 1.14 bits per heavy atom. The highest BCUT2D eigenvalue weighted by Crippen LogP contribution is 2.52. The van der Waals surface area contributed by atoms with Crippen LogP contribution >= 0.6 is 12.4 Å². The van der Waals surface area contributed by atoms with Crippen molar-refractivity contribution in [1.82, 2.24) is 0 Å². The van der Waals surface area contributed by atoms with Crippen molar-refractivity contribution >= 4 is 29.8 Å². The molecule has 2 aliphatic carbocycles. The third-order valence-corrected chi connectivity index (χ3v) is 8.10. The highest BCUT2D eigenvalue weighted by Gasteiger charge is 2.50. The molecule has 42 heavy (non-hydrogen) atoms. The number of ether oxygens (including phenoxy) is 4. The maximum absolute atomic E-state index is 13.7. The topological polar surface area (TPSA) is 195 Å². The highest BCUT2D eigenvalue weighted by molar-refractivity contribution is 6.31. The van der Waals surface area contributed by atoms with E-state index in [9.17, 15) is 34.8 Å². The number of aromatic hydroxyl groups is 2. The second kappa shape index (κ2) is 11.9. The Bertz CT molecular complexity index is 1420. The van der Waals surface area contributed by atoms with Crippen molar-refractivity contribution in [3.05, 3.63) is 51.6 Å². The van der Waals surface area contributed by atoms with Gasteiger partial charge in [-0.25, -0.2) is 0 Å². The minimum absolute atomic E-state index is 0. The Labute approximate surface area is 247 Å². The van der Waals surface area contributed by atoms with E-state index in [4.69, 9.17) is 24.7 Å². The fraction of sp³-hybridized carbons (Fsp3) is 0.483. The van der Waals surface area contributed by atoms with Gasteiger partial charge >= 0.3 is 0 Å². The van der Waals surface area contributed by atoms with Gasteiger partial charge in [-0.15, -0.1) is 12.4 Å². The number of aliphatic hydroxyl groups is 2. The fourth-order valence-corrected chi connectivity index (χ4v) is 5.93. The molecule has 0 spiro atoms. The lowest BCUT2D eigenvalue weighted by Gasteiger charge is -2.42. The molecule has 0 aromatic heterocycles. The molecule has 228 valence electrons. The number of phenols is 2. The normalized spacial score (nSPS) is 28.3. The second-order valence-corrected chi connectivity index (χ2v) is 10.6. The maximum Gasteiger partial charge on any atom is 0.202 e. The van der Waals surface area contributed by atoms with E-state index >= 15 is 0 Å². The number of halogens is 1. The largest absolute Gasteiger partial charge is 0.507 e.